The zero-order valence-corrected chi connectivity index (χ0v) is 12.9. The van der Waals surface area contributed by atoms with Crippen LogP contribution >= 0.6 is 11.6 Å². The van der Waals surface area contributed by atoms with E-state index in [2.05, 4.69) is 19.2 Å². The molecule has 118 valence electrons. The van der Waals surface area contributed by atoms with Gasteiger partial charge < -0.3 is 11.1 Å². The predicted octanol–water partition coefficient (Wildman–Crippen LogP) is 4.68. The second-order valence-corrected chi connectivity index (χ2v) is 7.11. The quantitative estimate of drug-likeness (QED) is 0.848. The van der Waals surface area contributed by atoms with Crippen molar-refractivity contribution in [1.29, 1.82) is 0 Å². The lowest BCUT2D eigenvalue weighted by molar-refractivity contribution is -0.137. The Morgan fingerprint density at radius 1 is 1.24 bits per heavy atom. The predicted molar refractivity (Wildman–Crippen MR) is 79.5 cm³/mol. The van der Waals surface area contributed by atoms with Crippen molar-refractivity contribution < 1.29 is 13.2 Å². The molecule has 2 nitrogen and oxygen atoms in total. The van der Waals surface area contributed by atoms with Crippen LogP contribution in [0.15, 0.2) is 18.2 Å². The van der Waals surface area contributed by atoms with Gasteiger partial charge in [0.05, 0.1) is 11.1 Å². The maximum absolute atomic E-state index is 12.9. The first kappa shape index (κ1) is 16.4. The number of hydrogen-bond donors (Lipinski definition) is 2. The highest BCUT2D eigenvalue weighted by Crippen LogP contribution is 2.45. The van der Waals surface area contributed by atoms with Gasteiger partial charge in [0.25, 0.3) is 0 Å². The van der Waals surface area contributed by atoms with Gasteiger partial charge in [0, 0.05) is 17.3 Å². The van der Waals surface area contributed by atoms with Gasteiger partial charge in [-0.3, -0.25) is 0 Å². The van der Waals surface area contributed by atoms with Crippen molar-refractivity contribution in [3.8, 4) is 0 Å². The average molecular weight is 321 g/mol. The zero-order valence-electron chi connectivity index (χ0n) is 12.1. The molecule has 1 aromatic rings. The molecule has 0 radical (unpaired) electrons. The van der Waals surface area contributed by atoms with Crippen LogP contribution in [-0.2, 0) is 6.18 Å². The number of benzene rings is 1. The number of halogens is 4. The minimum absolute atomic E-state index is 0.0664. The van der Waals surface area contributed by atoms with Crippen LogP contribution in [0, 0.1) is 5.41 Å². The summed E-state index contributed by atoms with van der Waals surface area (Å²) in [7, 11) is 0. The minimum Gasteiger partial charge on any atom is -0.378 e. The smallest absolute Gasteiger partial charge is 0.378 e. The van der Waals surface area contributed by atoms with Gasteiger partial charge in [-0.2, -0.15) is 13.2 Å². The topological polar surface area (TPSA) is 38.0 Å². The van der Waals surface area contributed by atoms with E-state index < -0.39 is 11.7 Å². The molecule has 0 bridgehead atoms. The molecule has 0 heterocycles. The molecule has 6 heteroatoms. The molecule has 1 fully saturated rings. The Morgan fingerprint density at radius 3 is 2.38 bits per heavy atom. The fourth-order valence-electron chi connectivity index (χ4n) is 3.13. The Labute approximate surface area is 127 Å². The van der Waals surface area contributed by atoms with Gasteiger partial charge in [-0.1, -0.05) is 25.4 Å². The number of hydrogen-bond acceptors (Lipinski definition) is 2. The van der Waals surface area contributed by atoms with Crippen LogP contribution in [0.5, 0.6) is 0 Å². The van der Waals surface area contributed by atoms with Crippen molar-refractivity contribution in [3.63, 3.8) is 0 Å². The number of rotatable bonds is 3. The summed E-state index contributed by atoms with van der Waals surface area (Å²) in [5, 5.41) is 3.27. The van der Waals surface area contributed by atoms with Crippen LogP contribution in [0.3, 0.4) is 0 Å². The Morgan fingerprint density at radius 2 is 1.90 bits per heavy atom. The molecule has 1 saturated carbocycles. The summed E-state index contributed by atoms with van der Waals surface area (Å²) in [6.07, 6.45) is -1.76. The van der Waals surface area contributed by atoms with Gasteiger partial charge in [-0.15, -0.1) is 0 Å². The van der Waals surface area contributed by atoms with E-state index in [9.17, 15) is 13.2 Å². The van der Waals surface area contributed by atoms with Crippen LogP contribution in [0.2, 0.25) is 5.02 Å². The molecule has 0 amide bonds. The number of anilines is 1. The van der Waals surface area contributed by atoms with E-state index in [4.69, 9.17) is 17.3 Å². The first-order chi connectivity index (χ1) is 9.55. The van der Waals surface area contributed by atoms with Crippen molar-refractivity contribution in [2.75, 3.05) is 11.9 Å². The van der Waals surface area contributed by atoms with E-state index >= 15 is 0 Å². The summed E-state index contributed by atoms with van der Waals surface area (Å²) >= 11 is 5.81. The second-order valence-electron chi connectivity index (χ2n) is 6.68. The molecule has 1 aromatic carbocycles. The van der Waals surface area contributed by atoms with E-state index in [0.29, 0.717) is 12.2 Å². The molecule has 21 heavy (non-hydrogen) atoms. The van der Waals surface area contributed by atoms with Crippen LogP contribution in [0.1, 0.15) is 38.7 Å². The van der Waals surface area contributed by atoms with E-state index in [1.807, 2.05) is 0 Å². The third-order valence-electron chi connectivity index (χ3n) is 4.12. The van der Waals surface area contributed by atoms with Crippen molar-refractivity contribution in [2.45, 2.75) is 44.8 Å². The standard InChI is InChI=1S/C15H20ClF3N2/c1-13(2)3-4-14(8-13,9-20)21-12-6-10(15(17,18)19)5-11(16)7-12/h5-7,21H,3-4,8-9,20H2,1-2H3. The Balaban J connectivity index is 2.29. The van der Waals surface area contributed by atoms with Crippen LogP contribution in [-0.4, -0.2) is 12.1 Å². The molecule has 1 aliphatic carbocycles. The van der Waals surface area contributed by atoms with E-state index in [-0.39, 0.29) is 16.0 Å². The Bertz CT molecular complexity index is 528. The minimum atomic E-state index is -4.41. The first-order valence-electron chi connectivity index (χ1n) is 6.91. The van der Waals surface area contributed by atoms with E-state index in [1.165, 1.54) is 6.07 Å². The Kier molecular flexibility index (Phi) is 4.19. The summed E-state index contributed by atoms with van der Waals surface area (Å²) in [6.45, 7) is 4.67. The fourth-order valence-corrected chi connectivity index (χ4v) is 3.37. The van der Waals surface area contributed by atoms with Crippen LogP contribution < -0.4 is 11.1 Å². The van der Waals surface area contributed by atoms with E-state index in [1.54, 1.807) is 0 Å². The molecule has 0 aliphatic heterocycles. The SMILES string of the molecule is CC1(C)CCC(CN)(Nc2cc(Cl)cc(C(F)(F)F)c2)C1. The maximum Gasteiger partial charge on any atom is 0.416 e. The van der Waals surface area contributed by atoms with Crippen molar-refractivity contribution in [2.24, 2.45) is 11.1 Å². The largest absolute Gasteiger partial charge is 0.416 e. The summed E-state index contributed by atoms with van der Waals surface area (Å²) in [4.78, 5) is 0. The number of alkyl halides is 3. The van der Waals surface area contributed by atoms with Crippen molar-refractivity contribution in [1.82, 2.24) is 0 Å². The molecule has 0 saturated heterocycles. The maximum atomic E-state index is 12.9. The molecule has 1 atom stereocenters. The van der Waals surface area contributed by atoms with Crippen LogP contribution in [0.4, 0.5) is 18.9 Å². The van der Waals surface area contributed by atoms with Gasteiger partial charge >= 0.3 is 6.18 Å². The highest BCUT2D eigenvalue weighted by molar-refractivity contribution is 6.30. The van der Waals surface area contributed by atoms with Gasteiger partial charge in [-0.25, -0.2) is 0 Å². The van der Waals surface area contributed by atoms with Gasteiger partial charge in [0.15, 0.2) is 0 Å². The second kappa shape index (κ2) is 5.36. The lowest BCUT2D eigenvalue weighted by Gasteiger charge is -2.32. The van der Waals surface area contributed by atoms with E-state index in [0.717, 1.165) is 31.4 Å². The number of nitrogens with one attached hydrogen (secondary N) is 1. The molecule has 0 aromatic heterocycles. The van der Waals surface area contributed by atoms with Crippen molar-refractivity contribution >= 4 is 17.3 Å². The number of nitrogens with two attached hydrogens (primary N) is 1. The monoisotopic (exact) mass is 320 g/mol. The summed E-state index contributed by atoms with van der Waals surface area (Å²) in [5.41, 5.74) is 5.28. The highest BCUT2D eigenvalue weighted by atomic mass is 35.5. The molecule has 1 aliphatic rings. The first-order valence-corrected chi connectivity index (χ1v) is 7.29. The Hall–Kier alpha value is -0.940. The van der Waals surface area contributed by atoms with Crippen LogP contribution in [0.25, 0.3) is 0 Å². The summed E-state index contributed by atoms with van der Waals surface area (Å²) in [6, 6.07) is 3.54. The molecule has 2 rings (SSSR count). The van der Waals surface area contributed by atoms with Gasteiger partial charge in [-0.05, 0) is 42.9 Å². The molecular formula is C15H20ClF3N2. The fraction of sp³-hybridized carbons (Fsp3) is 0.600. The molecule has 1 unspecified atom stereocenters. The summed E-state index contributed by atoms with van der Waals surface area (Å²) in [5.74, 6) is 0. The molecular weight excluding hydrogens is 301 g/mol. The van der Waals surface area contributed by atoms with Gasteiger partial charge in [0.2, 0.25) is 0 Å². The zero-order chi connectivity index (χ0) is 15.9. The highest BCUT2D eigenvalue weighted by Gasteiger charge is 2.42. The molecule has 3 N–H and O–H groups in total. The van der Waals surface area contributed by atoms with Gasteiger partial charge in [0.1, 0.15) is 0 Å². The van der Waals surface area contributed by atoms with Crippen molar-refractivity contribution in [3.05, 3.63) is 28.8 Å². The third-order valence-corrected chi connectivity index (χ3v) is 4.34. The molecule has 0 spiro atoms. The third kappa shape index (κ3) is 3.83. The normalized spacial score (nSPS) is 25.1. The lowest BCUT2D eigenvalue weighted by atomic mass is 9.87. The average Bonchev–Trinajstić information content (AvgIpc) is 2.64. The summed E-state index contributed by atoms with van der Waals surface area (Å²) < 4.78 is 38.6. The lowest BCUT2D eigenvalue weighted by Crippen LogP contribution is -2.43.